The van der Waals surface area contributed by atoms with E-state index in [4.69, 9.17) is 0 Å². The Labute approximate surface area is 139 Å². The number of carbonyl (C=O) groups is 1. The smallest absolute Gasteiger partial charge is 0.271 e. The van der Waals surface area contributed by atoms with E-state index < -0.39 is 0 Å². The van der Waals surface area contributed by atoms with E-state index in [1.165, 1.54) is 6.21 Å². The van der Waals surface area contributed by atoms with Gasteiger partial charge in [0.15, 0.2) is 0 Å². The van der Waals surface area contributed by atoms with Crippen LogP contribution in [0.5, 0.6) is 5.75 Å². The number of halogens is 2. The maximum atomic E-state index is 12.0. The standard InChI is InChI=1S/C15H12Br2N2O2/c1-9-4-2-3-5-11(9)15(21)19-18-8-10-6-12(16)14(20)13(17)7-10/h2-8,20H,1H3,(H,19,21)/b18-8-. The van der Waals surface area contributed by atoms with Gasteiger partial charge in [0, 0.05) is 5.56 Å². The maximum absolute atomic E-state index is 12.0. The summed E-state index contributed by atoms with van der Waals surface area (Å²) >= 11 is 6.47. The van der Waals surface area contributed by atoms with Crippen molar-refractivity contribution >= 4 is 44.0 Å². The molecule has 108 valence electrons. The van der Waals surface area contributed by atoms with Gasteiger partial charge in [-0.05, 0) is 68.1 Å². The second kappa shape index (κ2) is 6.87. The Morgan fingerprint density at radius 2 is 1.86 bits per heavy atom. The molecule has 2 rings (SSSR count). The topological polar surface area (TPSA) is 61.7 Å². The molecule has 0 bridgehead atoms. The molecule has 0 radical (unpaired) electrons. The number of carbonyl (C=O) groups excluding carboxylic acids is 1. The predicted molar refractivity (Wildman–Crippen MR) is 89.7 cm³/mol. The Morgan fingerprint density at radius 1 is 1.24 bits per heavy atom. The molecule has 2 aromatic rings. The zero-order chi connectivity index (χ0) is 15.4. The van der Waals surface area contributed by atoms with Crippen LogP contribution in [0.2, 0.25) is 0 Å². The first-order valence-electron chi connectivity index (χ1n) is 6.06. The third kappa shape index (κ3) is 3.92. The minimum absolute atomic E-state index is 0.121. The number of nitrogens with zero attached hydrogens (tertiary/aromatic N) is 1. The van der Waals surface area contributed by atoms with Crippen LogP contribution in [0.15, 0.2) is 50.4 Å². The van der Waals surface area contributed by atoms with E-state index in [2.05, 4.69) is 42.4 Å². The summed E-state index contributed by atoms with van der Waals surface area (Å²) in [5.74, 6) is -0.141. The van der Waals surface area contributed by atoms with Crippen molar-refractivity contribution in [1.82, 2.24) is 5.43 Å². The number of aromatic hydroxyl groups is 1. The largest absolute Gasteiger partial charge is 0.506 e. The molecular weight excluding hydrogens is 400 g/mol. The molecule has 0 saturated carbocycles. The Morgan fingerprint density at radius 3 is 2.48 bits per heavy atom. The van der Waals surface area contributed by atoms with Crippen LogP contribution in [0.4, 0.5) is 0 Å². The third-order valence-electron chi connectivity index (χ3n) is 2.81. The van der Waals surface area contributed by atoms with Crippen molar-refractivity contribution < 1.29 is 9.90 Å². The van der Waals surface area contributed by atoms with Gasteiger partial charge in [0.25, 0.3) is 5.91 Å². The molecule has 0 unspecified atom stereocenters. The fourth-order valence-corrected chi connectivity index (χ4v) is 2.93. The summed E-state index contributed by atoms with van der Waals surface area (Å²) in [6, 6.07) is 10.7. The van der Waals surface area contributed by atoms with Gasteiger partial charge in [0.1, 0.15) is 5.75 Å². The highest BCUT2D eigenvalue weighted by atomic mass is 79.9. The quantitative estimate of drug-likeness (QED) is 0.592. The van der Waals surface area contributed by atoms with Crippen molar-refractivity contribution in [1.29, 1.82) is 0 Å². The van der Waals surface area contributed by atoms with E-state index >= 15 is 0 Å². The van der Waals surface area contributed by atoms with Gasteiger partial charge < -0.3 is 5.11 Å². The summed E-state index contributed by atoms with van der Waals surface area (Å²) in [4.78, 5) is 12.0. The van der Waals surface area contributed by atoms with Crippen molar-refractivity contribution in [2.75, 3.05) is 0 Å². The Balaban J connectivity index is 2.10. The van der Waals surface area contributed by atoms with Crippen molar-refractivity contribution in [2.45, 2.75) is 6.92 Å². The van der Waals surface area contributed by atoms with Crippen LogP contribution in [0, 0.1) is 6.92 Å². The average Bonchev–Trinajstić information content (AvgIpc) is 2.45. The Bertz CT molecular complexity index is 692. The van der Waals surface area contributed by atoms with Crippen molar-refractivity contribution in [3.8, 4) is 5.75 Å². The Kier molecular flexibility index (Phi) is 5.14. The van der Waals surface area contributed by atoms with E-state index in [9.17, 15) is 9.90 Å². The third-order valence-corrected chi connectivity index (χ3v) is 4.02. The lowest BCUT2D eigenvalue weighted by Gasteiger charge is -2.04. The zero-order valence-electron chi connectivity index (χ0n) is 11.1. The van der Waals surface area contributed by atoms with Gasteiger partial charge in [0.05, 0.1) is 15.2 Å². The second-order valence-corrected chi connectivity index (χ2v) is 6.06. The molecule has 0 spiro atoms. The van der Waals surface area contributed by atoms with Crippen LogP contribution < -0.4 is 5.43 Å². The zero-order valence-corrected chi connectivity index (χ0v) is 14.3. The molecule has 2 N–H and O–H groups in total. The van der Waals surface area contributed by atoms with Crippen molar-refractivity contribution in [3.63, 3.8) is 0 Å². The van der Waals surface area contributed by atoms with Gasteiger partial charge in [-0.3, -0.25) is 4.79 Å². The lowest BCUT2D eigenvalue weighted by molar-refractivity contribution is 0.0954. The Hall–Kier alpha value is -1.66. The number of benzene rings is 2. The SMILES string of the molecule is Cc1ccccc1C(=O)N/N=C\c1cc(Br)c(O)c(Br)c1. The number of aryl methyl sites for hydroxylation is 1. The number of hydrogen-bond acceptors (Lipinski definition) is 3. The molecule has 21 heavy (non-hydrogen) atoms. The lowest BCUT2D eigenvalue weighted by atomic mass is 10.1. The predicted octanol–water partition coefficient (Wildman–Crippen LogP) is 3.99. The maximum Gasteiger partial charge on any atom is 0.271 e. The highest BCUT2D eigenvalue weighted by Crippen LogP contribution is 2.32. The first-order valence-corrected chi connectivity index (χ1v) is 7.64. The van der Waals surface area contributed by atoms with Crippen LogP contribution in [-0.2, 0) is 0 Å². The van der Waals surface area contributed by atoms with Crippen molar-refractivity contribution in [3.05, 3.63) is 62.0 Å². The molecule has 0 aliphatic carbocycles. The number of amides is 1. The van der Waals surface area contributed by atoms with Crippen LogP contribution in [0.25, 0.3) is 0 Å². The first-order chi connectivity index (χ1) is 9.99. The second-order valence-electron chi connectivity index (χ2n) is 4.35. The van der Waals surface area contributed by atoms with E-state index in [1.807, 2.05) is 19.1 Å². The normalized spacial score (nSPS) is 10.8. The van der Waals surface area contributed by atoms with Crippen molar-refractivity contribution in [2.24, 2.45) is 5.10 Å². The van der Waals surface area contributed by atoms with Crippen LogP contribution in [0.3, 0.4) is 0 Å². The minimum Gasteiger partial charge on any atom is -0.506 e. The van der Waals surface area contributed by atoms with Gasteiger partial charge >= 0.3 is 0 Å². The summed E-state index contributed by atoms with van der Waals surface area (Å²) in [6.45, 7) is 1.87. The average molecular weight is 412 g/mol. The van der Waals surface area contributed by atoms with Crippen LogP contribution in [-0.4, -0.2) is 17.2 Å². The summed E-state index contributed by atoms with van der Waals surface area (Å²) < 4.78 is 1.09. The first kappa shape index (κ1) is 15.7. The highest BCUT2D eigenvalue weighted by Gasteiger charge is 2.07. The van der Waals surface area contributed by atoms with E-state index in [1.54, 1.807) is 24.3 Å². The van der Waals surface area contributed by atoms with Gasteiger partial charge in [-0.15, -0.1) is 0 Å². The molecule has 0 aromatic heterocycles. The number of phenols is 1. The number of nitrogens with one attached hydrogen (secondary N) is 1. The monoisotopic (exact) mass is 410 g/mol. The highest BCUT2D eigenvalue weighted by molar-refractivity contribution is 9.11. The molecule has 4 nitrogen and oxygen atoms in total. The molecule has 1 amide bonds. The van der Waals surface area contributed by atoms with Crippen LogP contribution >= 0.6 is 31.9 Å². The van der Waals surface area contributed by atoms with Gasteiger partial charge in [-0.25, -0.2) is 5.43 Å². The lowest BCUT2D eigenvalue weighted by Crippen LogP contribution is -2.18. The van der Waals surface area contributed by atoms with E-state index in [0.717, 1.165) is 11.1 Å². The fraction of sp³-hybridized carbons (Fsp3) is 0.0667. The summed E-state index contributed by atoms with van der Waals surface area (Å²) in [6.07, 6.45) is 1.51. The number of rotatable bonds is 3. The number of hydrogen-bond donors (Lipinski definition) is 2. The molecule has 0 aliphatic rings. The van der Waals surface area contributed by atoms with E-state index in [-0.39, 0.29) is 11.7 Å². The molecule has 6 heteroatoms. The fourth-order valence-electron chi connectivity index (χ4n) is 1.71. The molecule has 2 aromatic carbocycles. The van der Waals surface area contributed by atoms with Crippen LogP contribution in [0.1, 0.15) is 21.5 Å². The van der Waals surface area contributed by atoms with Gasteiger partial charge in [0.2, 0.25) is 0 Å². The molecule has 0 heterocycles. The summed E-state index contributed by atoms with van der Waals surface area (Å²) in [7, 11) is 0. The number of hydrazone groups is 1. The molecular formula is C15H12Br2N2O2. The van der Waals surface area contributed by atoms with E-state index in [0.29, 0.717) is 14.5 Å². The molecule has 0 fully saturated rings. The number of phenolic OH excluding ortho intramolecular Hbond substituents is 1. The molecule has 0 saturated heterocycles. The summed E-state index contributed by atoms with van der Waals surface area (Å²) in [5.41, 5.74) is 4.69. The molecule has 0 atom stereocenters. The van der Waals surface area contributed by atoms with Gasteiger partial charge in [-0.1, -0.05) is 18.2 Å². The summed E-state index contributed by atoms with van der Waals surface area (Å²) in [5, 5.41) is 13.5. The minimum atomic E-state index is -0.263. The van der Waals surface area contributed by atoms with Gasteiger partial charge in [-0.2, -0.15) is 5.10 Å². The molecule has 0 aliphatic heterocycles.